The Hall–Kier alpha value is -0.151. The van der Waals surface area contributed by atoms with Crippen molar-refractivity contribution in [2.75, 3.05) is 0 Å². The summed E-state index contributed by atoms with van der Waals surface area (Å²) in [5.74, 6) is 0. The van der Waals surface area contributed by atoms with Gasteiger partial charge in [0.25, 0.3) is 6.71 Å². The summed E-state index contributed by atoms with van der Waals surface area (Å²) in [5.41, 5.74) is 11.1. The van der Waals surface area contributed by atoms with Crippen molar-refractivity contribution < 1.29 is 21.7 Å². The minimum atomic E-state index is 0. The van der Waals surface area contributed by atoms with Gasteiger partial charge in [0.1, 0.15) is 0 Å². The first kappa shape index (κ1) is 34.0. The second-order valence-electron chi connectivity index (χ2n) is 7.24. The molecule has 3 rings (SSSR count). The standard InChI is InChI=1S/C21H33BN6.3BrH.Ti/c1-7-13-19(14(8-2)24-23-13)22(20-15(9-3)25-26-16(20)10-4)21-17(11-5)27-28-18(21)12-6;;;;/h7-12H2,1-6H3,(H,23,24)(H,25,26)(H,27,28);3*1H;. The van der Waals surface area contributed by atoms with Crippen molar-refractivity contribution in [3.8, 4) is 0 Å². The monoisotopic (exact) mass is 668 g/mol. The molecule has 178 valence electrons. The molecule has 0 aliphatic heterocycles. The maximum atomic E-state index is 4.68. The molecule has 11 heteroatoms. The van der Waals surface area contributed by atoms with Crippen LogP contribution in [0, 0.1) is 0 Å². The molecule has 32 heavy (non-hydrogen) atoms. The van der Waals surface area contributed by atoms with Crippen LogP contribution in [0.5, 0.6) is 0 Å². The molecule has 0 aliphatic rings. The molecule has 0 fully saturated rings. The van der Waals surface area contributed by atoms with Crippen LogP contribution >= 0.6 is 50.9 Å². The van der Waals surface area contributed by atoms with Crippen LogP contribution < -0.4 is 16.4 Å². The van der Waals surface area contributed by atoms with E-state index in [0.717, 1.165) is 55.6 Å². The van der Waals surface area contributed by atoms with Crippen LogP contribution in [0.25, 0.3) is 0 Å². The van der Waals surface area contributed by atoms with Gasteiger partial charge in [0.2, 0.25) is 0 Å². The predicted octanol–water partition coefficient (Wildman–Crippen LogP) is 3.48. The Balaban J connectivity index is 0. The minimum Gasteiger partial charge on any atom is -0.283 e. The van der Waals surface area contributed by atoms with Crippen LogP contribution in [0.4, 0.5) is 0 Å². The normalized spacial score (nSPS) is 9.94. The summed E-state index contributed by atoms with van der Waals surface area (Å²) >= 11 is 0. The van der Waals surface area contributed by atoms with Crippen LogP contribution in [-0.4, -0.2) is 37.3 Å². The topological polar surface area (TPSA) is 86.0 Å². The third-order valence-electron chi connectivity index (χ3n) is 5.82. The van der Waals surface area contributed by atoms with E-state index in [4.69, 9.17) is 0 Å². The summed E-state index contributed by atoms with van der Waals surface area (Å²) in [6, 6.07) is 0. The van der Waals surface area contributed by atoms with Crippen LogP contribution in [0.15, 0.2) is 0 Å². The number of nitrogens with zero attached hydrogens (tertiary/aromatic N) is 3. The van der Waals surface area contributed by atoms with Gasteiger partial charge in [-0.15, -0.1) is 50.9 Å². The van der Waals surface area contributed by atoms with Crippen LogP contribution in [0.2, 0.25) is 0 Å². The first-order chi connectivity index (χ1) is 13.6. The van der Waals surface area contributed by atoms with E-state index in [1.165, 1.54) is 33.5 Å². The number of nitrogens with one attached hydrogen (secondary N) is 3. The molecule has 3 aromatic heterocycles. The fourth-order valence-corrected chi connectivity index (χ4v) is 4.36. The number of aromatic amines is 3. The fraction of sp³-hybridized carbons (Fsp3) is 0.571. The zero-order valence-corrected chi connectivity index (χ0v) is 26.6. The van der Waals surface area contributed by atoms with Crippen molar-refractivity contribution in [2.45, 2.75) is 80.1 Å². The number of rotatable bonds is 9. The Morgan fingerprint density at radius 2 is 0.750 bits per heavy atom. The SMILES string of the molecule is Br.Br.Br.CCc1n[nH]c(CC)c1B(c1c(CC)n[nH]c1CC)c1c(CC)n[nH]c1CC.[Ti]. The zero-order valence-electron chi connectivity index (χ0n) is 19.9. The largest absolute Gasteiger partial charge is 0.283 e. The molecule has 3 aromatic rings. The molecule has 3 heterocycles. The smallest absolute Gasteiger partial charge is 0.255 e. The van der Waals surface area contributed by atoms with Gasteiger partial charge in [0, 0.05) is 38.8 Å². The predicted molar refractivity (Wildman–Crippen MR) is 148 cm³/mol. The van der Waals surface area contributed by atoms with E-state index in [-0.39, 0.29) is 79.4 Å². The van der Waals surface area contributed by atoms with Gasteiger partial charge < -0.3 is 0 Å². The molecule has 0 saturated heterocycles. The maximum Gasteiger partial charge on any atom is 0.255 e. The Morgan fingerprint density at radius 3 is 0.938 bits per heavy atom. The molecular weight excluding hydrogens is 635 g/mol. The summed E-state index contributed by atoms with van der Waals surface area (Å²) in [4.78, 5) is 0. The molecule has 0 radical (unpaired) electrons. The van der Waals surface area contributed by atoms with Gasteiger partial charge in [-0.3, -0.25) is 15.3 Å². The van der Waals surface area contributed by atoms with Gasteiger partial charge in [-0.05, 0) is 54.9 Å². The van der Waals surface area contributed by atoms with E-state index in [2.05, 4.69) is 72.1 Å². The second kappa shape index (κ2) is 15.7. The van der Waals surface area contributed by atoms with Crippen molar-refractivity contribution in [2.24, 2.45) is 0 Å². The quantitative estimate of drug-likeness (QED) is 0.305. The average Bonchev–Trinajstić information content (AvgIpc) is 3.44. The molecule has 3 N–H and O–H groups in total. The van der Waals surface area contributed by atoms with Crippen LogP contribution in [0.3, 0.4) is 0 Å². The molecule has 0 amide bonds. The van der Waals surface area contributed by atoms with E-state index in [0.29, 0.717) is 0 Å². The first-order valence-corrected chi connectivity index (χ1v) is 10.8. The van der Waals surface area contributed by atoms with Crippen molar-refractivity contribution in [3.63, 3.8) is 0 Å². The van der Waals surface area contributed by atoms with E-state index < -0.39 is 0 Å². The molecule has 6 nitrogen and oxygen atoms in total. The number of hydrogen-bond donors (Lipinski definition) is 3. The molecule has 0 aliphatic carbocycles. The minimum absolute atomic E-state index is 0. The fourth-order valence-electron chi connectivity index (χ4n) is 4.36. The maximum absolute atomic E-state index is 4.68. The molecule has 0 atom stereocenters. The summed E-state index contributed by atoms with van der Waals surface area (Å²) < 4.78 is 0. The molecule has 0 bridgehead atoms. The number of aromatic nitrogens is 6. The van der Waals surface area contributed by atoms with Crippen molar-refractivity contribution in [1.82, 2.24) is 30.6 Å². The van der Waals surface area contributed by atoms with Gasteiger partial charge >= 0.3 is 0 Å². The van der Waals surface area contributed by atoms with Gasteiger partial charge in [0.15, 0.2) is 0 Å². The number of halogens is 3. The summed E-state index contributed by atoms with van der Waals surface area (Å²) in [7, 11) is 0. The second-order valence-corrected chi connectivity index (χ2v) is 7.24. The van der Waals surface area contributed by atoms with Crippen molar-refractivity contribution in [1.29, 1.82) is 0 Å². The van der Waals surface area contributed by atoms with Gasteiger partial charge in [-0.2, -0.15) is 15.3 Å². The Bertz CT molecular complexity index is 756. The number of hydrogen-bond acceptors (Lipinski definition) is 3. The molecule has 0 aromatic carbocycles. The Morgan fingerprint density at radius 1 is 0.500 bits per heavy atom. The van der Waals surface area contributed by atoms with Crippen molar-refractivity contribution >= 4 is 74.0 Å². The third kappa shape index (κ3) is 6.29. The Labute approximate surface area is 238 Å². The van der Waals surface area contributed by atoms with Crippen molar-refractivity contribution in [3.05, 3.63) is 34.2 Å². The first-order valence-electron chi connectivity index (χ1n) is 10.8. The third-order valence-corrected chi connectivity index (χ3v) is 5.82. The molecular formula is C21H36BBr3N6Ti. The molecule has 0 saturated carbocycles. The van der Waals surface area contributed by atoms with E-state index in [9.17, 15) is 0 Å². The van der Waals surface area contributed by atoms with E-state index >= 15 is 0 Å². The number of aryl methyl sites for hydroxylation is 6. The Kier molecular flexibility index (Phi) is 16.7. The van der Waals surface area contributed by atoms with E-state index in [1.54, 1.807) is 0 Å². The van der Waals surface area contributed by atoms with Gasteiger partial charge in [-0.25, -0.2) is 0 Å². The van der Waals surface area contributed by atoms with Crippen LogP contribution in [0.1, 0.15) is 75.7 Å². The summed E-state index contributed by atoms with van der Waals surface area (Å²) in [6.45, 7) is 13.2. The molecule has 0 spiro atoms. The van der Waals surface area contributed by atoms with Crippen LogP contribution in [-0.2, 0) is 60.2 Å². The summed E-state index contributed by atoms with van der Waals surface area (Å²) in [6.07, 6.45) is 5.51. The van der Waals surface area contributed by atoms with Gasteiger partial charge in [0.05, 0.1) is 17.1 Å². The van der Waals surface area contributed by atoms with E-state index in [1.807, 2.05) is 0 Å². The van der Waals surface area contributed by atoms with Gasteiger partial charge in [-0.1, -0.05) is 41.5 Å². The zero-order chi connectivity index (χ0) is 20.3. The summed E-state index contributed by atoms with van der Waals surface area (Å²) in [5, 5.41) is 24.0. The molecule has 0 unspecified atom stereocenters. The number of H-pyrrole nitrogens is 3. The average molecular weight is 671 g/mol.